The highest BCUT2D eigenvalue weighted by molar-refractivity contribution is 5.81. The van der Waals surface area contributed by atoms with Crippen LogP contribution in [-0.4, -0.2) is 11.3 Å². The predicted molar refractivity (Wildman–Crippen MR) is 40.6 cm³/mol. The molecule has 0 radical (unpaired) electrons. The number of ketones is 1. The lowest BCUT2D eigenvalue weighted by Gasteiger charge is -2.08. The summed E-state index contributed by atoms with van der Waals surface area (Å²) in [6.07, 6.45) is 2.65. The van der Waals surface area contributed by atoms with Crippen molar-refractivity contribution in [2.24, 2.45) is 11.7 Å². The van der Waals surface area contributed by atoms with E-state index < -0.39 is 0 Å². The lowest BCUT2D eigenvalue weighted by molar-refractivity contribution is -0.122. The zero-order valence-electron chi connectivity index (χ0n) is 6.68. The Morgan fingerprint density at radius 1 is 1.60 bits per heavy atom. The summed E-state index contributed by atoms with van der Waals surface area (Å²) >= 11 is 0. The van der Waals surface area contributed by atoms with Crippen LogP contribution in [0.4, 0.5) is 0 Å². The van der Waals surface area contributed by atoms with Gasteiger partial charge < -0.3 is 5.73 Å². The number of carbonyl (C=O) groups is 1. The normalized spacial score (nSPS) is 21.2. The number of carbonyl (C=O) groups excluding carboxylic acids is 1. The van der Waals surface area contributed by atoms with Crippen molar-refractivity contribution < 1.29 is 4.79 Å². The zero-order valence-corrected chi connectivity index (χ0v) is 6.68. The van der Waals surface area contributed by atoms with Crippen molar-refractivity contribution >= 4 is 5.78 Å². The first kappa shape index (κ1) is 7.73. The molecule has 2 heteroatoms. The van der Waals surface area contributed by atoms with E-state index in [4.69, 9.17) is 5.73 Å². The monoisotopic (exact) mass is 141 g/mol. The summed E-state index contributed by atoms with van der Waals surface area (Å²) in [4.78, 5) is 11.1. The number of rotatable bonds is 3. The molecule has 0 bridgehead atoms. The smallest absolute Gasteiger partial charge is 0.137 e. The van der Waals surface area contributed by atoms with E-state index in [1.54, 1.807) is 0 Å². The minimum atomic E-state index is -0.0959. The first-order valence-corrected chi connectivity index (χ1v) is 3.85. The lowest BCUT2D eigenvalue weighted by Crippen LogP contribution is -2.27. The van der Waals surface area contributed by atoms with Crippen LogP contribution in [0.2, 0.25) is 0 Å². The molecule has 0 aromatic heterocycles. The first-order valence-electron chi connectivity index (χ1n) is 3.85. The fraction of sp³-hybridized carbons (Fsp3) is 0.875. The van der Waals surface area contributed by atoms with Gasteiger partial charge in [0.05, 0.1) is 0 Å². The molecule has 0 saturated heterocycles. The molecule has 0 aromatic carbocycles. The van der Waals surface area contributed by atoms with E-state index in [9.17, 15) is 4.79 Å². The number of Topliss-reactive ketones (excluding diaryl/α,β-unsaturated/α-hetero) is 1. The summed E-state index contributed by atoms with van der Waals surface area (Å²) in [5.74, 6) is 0.459. The van der Waals surface area contributed by atoms with Gasteiger partial charge in [0.2, 0.25) is 0 Å². The molecule has 1 rings (SSSR count). The van der Waals surface area contributed by atoms with E-state index in [-0.39, 0.29) is 11.5 Å². The van der Waals surface area contributed by atoms with Crippen molar-refractivity contribution in [1.29, 1.82) is 0 Å². The SMILES string of the molecule is CC(C)C(=O)CC1(N)CC1. The molecule has 58 valence electrons. The Balaban J connectivity index is 2.31. The van der Waals surface area contributed by atoms with Crippen LogP contribution in [0.25, 0.3) is 0 Å². The highest BCUT2D eigenvalue weighted by Gasteiger charge is 2.40. The predicted octanol–water partition coefficient (Wildman–Crippen LogP) is 1.09. The van der Waals surface area contributed by atoms with Gasteiger partial charge in [-0.2, -0.15) is 0 Å². The van der Waals surface area contributed by atoms with Crippen LogP contribution in [0.3, 0.4) is 0 Å². The van der Waals surface area contributed by atoms with Gasteiger partial charge in [-0.3, -0.25) is 4.79 Å². The van der Waals surface area contributed by atoms with Crippen molar-refractivity contribution in [2.75, 3.05) is 0 Å². The Bertz CT molecular complexity index is 147. The third-order valence-electron chi connectivity index (χ3n) is 2.06. The van der Waals surface area contributed by atoms with Gasteiger partial charge >= 0.3 is 0 Å². The second-order valence-electron chi connectivity index (χ2n) is 3.66. The maximum Gasteiger partial charge on any atom is 0.137 e. The van der Waals surface area contributed by atoms with Gasteiger partial charge in [0.1, 0.15) is 5.78 Å². The molecular weight excluding hydrogens is 126 g/mol. The fourth-order valence-electron chi connectivity index (χ4n) is 0.888. The van der Waals surface area contributed by atoms with Crippen LogP contribution in [0, 0.1) is 5.92 Å². The van der Waals surface area contributed by atoms with Crippen molar-refractivity contribution in [3.8, 4) is 0 Å². The van der Waals surface area contributed by atoms with Gasteiger partial charge in [0.15, 0.2) is 0 Å². The Labute approximate surface area is 61.8 Å². The standard InChI is InChI=1S/C8H15NO/c1-6(2)7(10)5-8(9)3-4-8/h6H,3-5,9H2,1-2H3. The zero-order chi connectivity index (χ0) is 7.78. The van der Waals surface area contributed by atoms with Crippen molar-refractivity contribution in [3.63, 3.8) is 0 Å². The van der Waals surface area contributed by atoms with Gasteiger partial charge in [-0.25, -0.2) is 0 Å². The van der Waals surface area contributed by atoms with E-state index in [2.05, 4.69) is 0 Å². The van der Waals surface area contributed by atoms with Crippen LogP contribution in [0.15, 0.2) is 0 Å². The molecule has 2 N–H and O–H groups in total. The molecule has 1 aliphatic rings. The summed E-state index contributed by atoms with van der Waals surface area (Å²) in [5.41, 5.74) is 5.67. The Hall–Kier alpha value is -0.370. The van der Waals surface area contributed by atoms with Crippen molar-refractivity contribution in [1.82, 2.24) is 0 Å². The van der Waals surface area contributed by atoms with E-state index in [1.807, 2.05) is 13.8 Å². The fourth-order valence-corrected chi connectivity index (χ4v) is 0.888. The van der Waals surface area contributed by atoms with Gasteiger partial charge in [-0.05, 0) is 12.8 Å². The highest BCUT2D eigenvalue weighted by atomic mass is 16.1. The molecule has 0 spiro atoms. The van der Waals surface area contributed by atoms with E-state index in [0.29, 0.717) is 12.2 Å². The van der Waals surface area contributed by atoms with Gasteiger partial charge in [0.25, 0.3) is 0 Å². The van der Waals surface area contributed by atoms with E-state index in [0.717, 1.165) is 12.8 Å². The molecule has 0 heterocycles. The van der Waals surface area contributed by atoms with E-state index >= 15 is 0 Å². The molecule has 1 saturated carbocycles. The van der Waals surface area contributed by atoms with Crippen LogP contribution in [0.1, 0.15) is 33.1 Å². The first-order chi connectivity index (χ1) is 4.53. The molecule has 0 atom stereocenters. The molecule has 0 amide bonds. The topological polar surface area (TPSA) is 43.1 Å². The Kier molecular flexibility index (Phi) is 1.82. The molecule has 10 heavy (non-hydrogen) atoms. The summed E-state index contributed by atoms with van der Waals surface area (Å²) in [5, 5.41) is 0. The molecule has 0 unspecified atom stereocenters. The quantitative estimate of drug-likeness (QED) is 0.639. The molecule has 0 aromatic rings. The summed E-state index contributed by atoms with van der Waals surface area (Å²) in [7, 11) is 0. The van der Waals surface area contributed by atoms with Crippen LogP contribution >= 0.6 is 0 Å². The summed E-state index contributed by atoms with van der Waals surface area (Å²) in [6, 6.07) is 0. The Morgan fingerprint density at radius 2 is 2.10 bits per heavy atom. The molecule has 1 aliphatic carbocycles. The van der Waals surface area contributed by atoms with E-state index in [1.165, 1.54) is 0 Å². The third-order valence-corrected chi connectivity index (χ3v) is 2.06. The molecule has 1 fully saturated rings. The highest BCUT2D eigenvalue weighted by Crippen LogP contribution is 2.36. The van der Waals surface area contributed by atoms with Crippen LogP contribution < -0.4 is 5.73 Å². The molecule has 0 aliphatic heterocycles. The van der Waals surface area contributed by atoms with Crippen LogP contribution in [0.5, 0.6) is 0 Å². The number of hydrogen-bond donors (Lipinski definition) is 1. The second kappa shape index (κ2) is 2.35. The third kappa shape index (κ3) is 1.81. The van der Waals surface area contributed by atoms with Gasteiger partial charge in [0, 0.05) is 17.9 Å². The lowest BCUT2D eigenvalue weighted by atomic mass is 10.0. The van der Waals surface area contributed by atoms with Crippen LogP contribution in [-0.2, 0) is 4.79 Å². The maximum atomic E-state index is 11.1. The molecule has 2 nitrogen and oxygen atoms in total. The summed E-state index contributed by atoms with van der Waals surface area (Å²) < 4.78 is 0. The Morgan fingerprint density at radius 3 is 2.40 bits per heavy atom. The van der Waals surface area contributed by atoms with Crippen molar-refractivity contribution in [3.05, 3.63) is 0 Å². The van der Waals surface area contributed by atoms with Gasteiger partial charge in [-0.15, -0.1) is 0 Å². The summed E-state index contributed by atoms with van der Waals surface area (Å²) in [6.45, 7) is 3.85. The minimum Gasteiger partial charge on any atom is -0.325 e. The second-order valence-corrected chi connectivity index (χ2v) is 3.66. The number of hydrogen-bond acceptors (Lipinski definition) is 2. The average molecular weight is 141 g/mol. The minimum absolute atomic E-state index is 0.0959. The molecular formula is C8H15NO. The number of nitrogens with two attached hydrogens (primary N) is 1. The average Bonchev–Trinajstić information content (AvgIpc) is 2.47. The van der Waals surface area contributed by atoms with Gasteiger partial charge in [-0.1, -0.05) is 13.8 Å². The largest absolute Gasteiger partial charge is 0.325 e. The van der Waals surface area contributed by atoms with Crippen molar-refractivity contribution in [2.45, 2.75) is 38.6 Å². The maximum absolute atomic E-state index is 11.1.